The lowest BCUT2D eigenvalue weighted by molar-refractivity contribution is 0.0684. The van der Waals surface area contributed by atoms with Gasteiger partial charge in [0.2, 0.25) is 0 Å². The predicted molar refractivity (Wildman–Crippen MR) is 181 cm³/mol. The molecule has 5 aromatic carbocycles. The van der Waals surface area contributed by atoms with Crippen molar-refractivity contribution in [1.82, 2.24) is 10.2 Å². The summed E-state index contributed by atoms with van der Waals surface area (Å²) in [5, 5.41) is 8.06. The first kappa shape index (κ1) is 30.9. The van der Waals surface area contributed by atoms with E-state index in [1.54, 1.807) is 18.2 Å². The summed E-state index contributed by atoms with van der Waals surface area (Å²) in [5.74, 6) is 1.72. The molecule has 0 aliphatic carbocycles. The molecule has 1 aromatic heterocycles. The lowest BCUT2D eigenvalue weighted by atomic mass is 10.0. The summed E-state index contributed by atoms with van der Waals surface area (Å²) >= 11 is 0. The van der Waals surface area contributed by atoms with E-state index < -0.39 is 5.97 Å². The van der Waals surface area contributed by atoms with Crippen molar-refractivity contribution in [3.8, 4) is 29.0 Å². The second-order valence-corrected chi connectivity index (χ2v) is 13.5. The molecule has 6 aromatic rings. The largest absolute Gasteiger partial charge is 0.457 e. The number of rotatable bonds is 10. The van der Waals surface area contributed by atoms with Crippen LogP contribution in [0.5, 0.6) is 17.6 Å². The average Bonchev–Trinajstić information content (AvgIpc) is 3.54. The van der Waals surface area contributed by atoms with Gasteiger partial charge in [0, 0.05) is 0 Å². The van der Waals surface area contributed by atoms with Gasteiger partial charge in [-0.3, -0.25) is 0 Å². The van der Waals surface area contributed by atoms with E-state index >= 15 is 0 Å². The van der Waals surface area contributed by atoms with Crippen molar-refractivity contribution < 1.29 is 18.7 Å². The molecule has 0 aliphatic rings. The molecular weight excluding hydrogens is 593 g/mol. The summed E-state index contributed by atoms with van der Waals surface area (Å²) in [6, 6.07) is 42.0. The molecule has 6 rings (SSSR count). The molecule has 0 unspecified atom stereocenters. The summed E-state index contributed by atoms with van der Waals surface area (Å²) in [6.45, 7) is 8.80. The number of para-hydroxylation sites is 2. The number of aromatic nitrogens is 2. The number of nitrogens with zero attached hydrogens (tertiary/aromatic N) is 2. The smallest absolute Gasteiger partial charge is 0.423 e. The van der Waals surface area contributed by atoms with Crippen LogP contribution in [0, 0.1) is 0 Å². The van der Waals surface area contributed by atoms with Crippen LogP contribution in [-0.4, -0.2) is 16.2 Å². The van der Waals surface area contributed by atoms with Crippen molar-refractivity contribution in [2.24, 2.45) is 0 Å². The fourth-order valence-electron chi connectivity index (χ4n) is 4.96. The van der Waals surface area contributed by atoms with Gasteiger partial charge in [0.15, 0.2) is 14.7 Å². The zero-order chi connectivity index (χ0) is 32.0. The van der Waals surface area contributed by atoms with E-state index in [2.05, 4.69) is 86.4 Å². The number of carbonyl (C=O) groups is 1. The van der Waals surface area contributed by atoms with Gasteiger partial charge in [-0.1, -0.05) is 87.4 Å². The summed E-state index contributed by atoms with van der Waals surface area (Å²) < 4.78 is 17.2. The van der Waals surface area contributed by atoms with E-state index in [0.717, 1.165) is 4.90 Å². The first-order valence-electron chi connectivity index (χ1n) is 15.3. The normalized spacial score (nSPS) is 11.3. The Labute approximate surface area is 272 Å². The predicted octanol–water partition coefficient (Wildman–Crippen LogP) is 10.1. The van der Waals surface area contributed by atoms with E-state index in [0.29, 0.717) is 34.5 Å². The van der Waals surface area contributed by atoms with Crippen LogP contribution in [0.4, 0.5) is 0 Å². The zero-order valence-electron chi connectivity index (χ0n) is 26.2. The maximum atomic E-state index is 13.1. The van der Waals surface area contributed by atoms with E-state index in [-0.39, 0.29) is 22.9 Å². The minimum absolute atomic E-state index is 0.181. The number of hydrogen-bond acceptors (Lipinski definition) is 6. The summed E-state index contributed by atoms with van der Waals surface area (Å²) in [7, 11) is -0.357. The number of carbonyl (C=O) groups excluding carboxylic acids is 1. The molecule has 0 saturated heterocycles. The van der Waals surface area contributed by atoms with Gasteiger partial charge in [0.25, 0.3) is 5.89 Å². The number of ether oxygens (including phenoxy) is 2. The molecule has 1 heterocycles. The number of benzene rings is 5. The molecular formula is C39H35N2O4S+. The van der Waals surface area contributed by atoms with Gasteiger partial charge in [-0.05, 0) is 95.8 Å². The van der Waals surface area contributed by atoms with Crippen molar-refractivity contribution in [2.45, 2.75) is 54.2 Å². The standard InChI is InChI=1S/C39H35N2O4S/c1-26(2)28-14-20-32(21-15-28)46(33-22-16-29(17-23-33)27(3)4)34-24-18-30(19-25-34)38(42)45-39-41-40-37(44-39)35-12-8-9-13-36(35)43-31-10-6-5-7-11-31/h5-27H,1-4H3/q+1. The minimum Gasteiger partial charge on any atom is -0.457 e. The Hall–Kier alpha value is -5.14. The van der Waals surface area contributed by atoms with Gasteiger partial charge < -0.3 is 13.9 Å². The zero-order valence-corrected chi connectivity index (χ0v) is 27.0. The topological polar surface area (TPSA) is 74.5 Å². The van der Waals surface area contributed by atoms with Gasteiger partial charge in [-0.2, -0.15) is 0 Å². The van der Waals surface area contributed by atoms with Crippen molar-refractivity contribution in [3.63, 3.8) is 0 Å². The number of hydrogen-bond donors (Lipinski definition) is 0. The van der Waals surface area contributed by atoms with Crippen LogP contribution in [0.25, 0.3) is 11.5 Å². The average molecular weight is 628 g/mol. The highest BCUT2D eigenvalue weighted by Gasteiger charge is 2.29. The fraction of sp³-hybridized carbons (Fsp3) is 0.154. The van der Waals surface area contributed by atoms with Crippen LogP contribution >= 0.6 is 0 Å². The highest BCUT2D eigenvalue weighted by molar-refractivity contribution is 7.97. The van der Waals surface area contributed by atoms with Crippen molar-refractivity contribution in [1.29, 1.82) is 0 Å². The molecule has 0 radical (unpaired) electrons. The molecule has 6 nitrogen and oxygen atoms in total. The lowest BCUT2D eigenvalue weighted by Gasteiger charge is -2.12. The van der Waals surface area contributed by atoms with Crippen molar-refractivity contribution in [2.75, 3.05) is 0 Å². The quantitative estimate of drug-likeness (QED) is 0.111. The van der Waals surface area contributed by atoms with E-state index in [1.807, 2.05) is 60.7 Å². The van der Waals surface area contributed by atoms with Gasteiger partial charge in [0.05, 0.1) is 22.0 Å². The third-order valence-electron chi connectivity index (χ3n) is 7.57. The maximum Gasteiger partial charge on any atom is 0.423 e. The van der Waals surface area contributed by atoms with Crippen LogP contribution < -0.4 is 9.47 Å². The van der Waals surface area contributed by atoms with E-state index in [1.165, 1.54) is 20.9 Å². The summed E-state index contributed by atoms with van der Waals surface area (Å²) in [6.07, 6.45) is -0.242. The molecule has 0 spiro atoms. The molecule has 0 saturated carbocycles. The molecule has 0 N–H and O–H groups in total. The first-order chi connectivity index (χ1) is 22.4. The Bertz CT molecular complexity index is 1850. The molecule has 230 valence electrons. The molecule has 46 heavy (non-hydrogen) atoms. The molecule has 0 bridgehead atoms. The maximum absolute atomic E-state index is 13.1. The van der Waals surface area contributed by atoms with Crippen molar-refractivity contribution >= 4 is 16.9 Å². The summed E-state index contributed by atoms with van der Waals surface area (Å²) in [4.78, 5) is 16.6. The molecule has 0 fully saturated rings. The Morgan fingerprint density at radius 2 is 1.15 bits per heavy atom. The second kappa shape index (κ2) is 13.9. The third-order valence-corrected chi connectivity index (χ3v) is 9.80. The van der Waals surface area contributed by atoms with Gasteiger partial charge >= 0.3 is 12.0 Å². The van der Waals surface area contributed by atoms with Crippen LogP contribution in [0.1, 0.15) is 61.0 Å². The molecule has 0 aliphatic heterocycles. The summed E-state index contributed by atoms with van der Waals surface area (Å²) in [5.41, 5.74) is 3.57. The van der Waals surface area contributed by atoms with E-state index in [4.69, 9.17) is 13.9 Å². The Kier molecular flexibility index (Phi) is 9.31. The molecule has 0 amide bonds. The highest BCUT2D eigenvalue weighted by atomic mass is 32.2. The second-order valence-electron chi connectivity index (χ2n) is 11.5. The minimum atomic E-state index is -0.585. The van der Waals surface area contributed by atoms with Crippen molar-refractivity contribution in [3.05, 3.63) is 144 Å². The molecule has 7 heteroatoms. The third kappa shape index (κ3) is 7.05. The first-order valence-corrected chi connectivity index (χ1v) is 16.5. The van der Waals surface area contributed by atoms with Gasteiger partial charge in [0.1, 0.15) is 11.5 Å². The number of esters is 1. The van der Waals surface area contributed by atoms with Gasteiger partial charge in [-0.15, -0.1) is 5.10 Å². The molecule has 0 atom stereocenters. The van der Waals surface area contributed by atoms with Crippen LogP contribution in [0.2, 0.25) is 0 Å². The van der Waals surface area contributed by atoms with Crippen LogP contribution in [0.3, 0.4) is 0 Å². The lowest BCUT2D eigenvalue weighted by Crippen LogP contribution is -2.10. The monoisotopic (exact) mass is 627 g/mol. The van der Waals surface area contributed by atoms with Crippen LogP contribution in [-0.2, 0) is 10.9 Å². The highest BCUT2D eigenvalue weighted by Crippen LogP contribution is 2.35. The SMILES string of the molecule is CC(C)c1ccc([S+](c2ccc(C(=O)Oc3nnc(-c4ccccc4Oc4ccccc4)o3)cc2)c2ccc(C(C)C)cc2)cc1. The van der Waals surface area contributed by atoms with Crippen LogP contribution in [0.15, 0.2) is 146 Å². The Balaban J connectivity index is 1.21. The fourth-order valence-corrected chi connectivity index (χ4v) is 7.00. The van der Waals surface area contributed by atoms with E-state index in [9.17, 15) is 4.79 Å². The Morgan fingerprint density at radius 1 is 0.630 bits per heavy atom. The van der Waals surface area contributed by atoms with Gasteiger partial charge in [-0.25, -0.2) is 4.79 Å². The Morgan fingerprint density at radius 3 is 1.72 bits per heavy atom.